The number of benzene rings is 2. The van der Waals surface area contributed by atoms with E-state index in [1.54, 1.807) is 0 Å². The molecule has 0 saturated carbocycles. The molecule has 0 aliphatic rings. The van der Waals surface area contributed by atoms with Crippen LogP contribution in [-0.4, -0.2) is 0 Å². The van der Waals surface area contributed by atoms with E-state index < -0.39 is 17.5 Å². The number of nitrogens with one attached hydrogen (secondary N) is 1. The van der Waals surface area contributed by atoms with Crippen LogP contribution in [0.1, 0.15) is 29.7 Å². The number of anilines is 1. The molecule has 0 amide bonds. The second-order valence-electron chi connectivity index (χ2n) is 5.03. The molecule has 0 bridgehead atoms. The van der Waals surface area contributed by atoms with Crippen LogP contribution in [-0.2, 0) is 0 Å². The molecule has 0 radical (unpaired) electrons. The van der Waals surface area contributed by atoms with Gasteiger partial charge in [0, 0.05) is 18.2 Å². The molecule has 4 heteroatoms. The Balaban J connectivity index is 2.27. The molecule has 1 nitrogen and oxygen atoms in total. The standard InChI is InChI=1S/C16H16F3N/c1-9-4-10(2)6-12(5-9)11(3)20-16-8-14(18)13(17)7-15(16)19/h4-8,11,20H,1-3H3. The highest BCUT2D eigenvalue weighted by molar-refractivity contribution is 5.48. The summed E-state index contributed by atoms with van der Waals surface area (Å²) in [5.74, 6) is -3.06. The Kier molecular flexibility index (Phi) is 4.02. The van der Waals surface area contributed by atoms with Crippen molar-refractivity contribution in [2.75, 3.05) is 5.32 Å². The topological polar surface area (TPSA) is 12.0 Å². The number of halogens is 3. The Bertz CT molecular complexity index is 618. The molecule has 20 heavy (non-hydrogen) atoms. The molecule has 2 aromatic rings. The van der Waals surface area contributed by atoms with Crippen molar-refractivity contribution in [2.24, 2.45) is 0 Å². The lowest BCUT2D eigenvalue weighted by Crippen LogP contribution is -2.09. The largest absolute Gasteiger partial charge is 0.376 e. The summed E-state index contributed by atoms with van der Waals surface area (Å²) in [7, 11) is 0. The summed E-state index contributed by atoms with van der Waals surface area (Å²) in [6.45, 7) is 5.79. The first-order valence-corrected chi connectivity index (χ1v) is 6.36. The fourth-order valence-corrected chi connectivity index (χ4v) is 2.21. The Labute approximate surface area is 116 Å². The lowest BCUT2D eigenvalue weighted by Gasteiger charge is -2.17. The summed E-state index contributed by atoms with van der Waals surface area (Å²) in [5.41, 5.74) is 3.11. The molecule has 0 saturated heterocycles. The first-order valence-electron chi connectivity index (χ1n) is 6.36. The van der Waals surface area contributed by atoms with Gasteiger partial charge in [-0.3, -0.25) is 0 Å². The van der Waals surface area contributed by atoms with Crippen LogP contribution in [0.5, 0.6) is 0 Å². The van der Waals surface area contributed by atoms with Crippen LogP contribution in [0.4, 0.5) is 18.9 Å². The van der Waals surface area contributed by atoms with E-state index >= 15 is 0 Å². The van der Waals surface area contributed by atoms with Gasteiger partial charge in [-0.15, -0.1) is 0 Å². The third-order valence-electron chi connectivity index (χ3n) is 3.13. The minimum atomic E-state index is -1.19. The SMILES string of the molecule is Cc1cc(C)cc(C(C)Nc2cc(F)c(F)cc2F)c1. The van der Waals surface area contributed by atoms with Crippen molar-refractivity contribution in [3.8, 4) is 0 Å². The van der Waals surface area contributed by atoms with Crippen molar-refractivity contribution in [2.45, 2.75) is 26.8 Å². The van der Waals surface area contributed by atoms with Crippen LogP contribution < -0.4 is 5.32 Å². The van der Waals surface area contributed by atoms with Gasteiger partial charge < -0.3 is 5.32 Å². The molecule has 0 aliphatic heterocycles. The number of hydrogen-bond donors (Lipinski definition) is 1. The zero-order chi connectivity index (χ0) is 14.9. The lowest BCUT2D eigenvalue weighted by atomic mass is 10.0. The van der Waals surface area contributed by atoms with E-state index in [1.165, 1.54) is 0 Å². The van der Waals surface area contributed by atoms with E-state index in [2.05, 4.69) is 5.32 Å². The highest BCUT2D eigenvalue weighted by atomic mass is 19.2. The van der Waals surface area contributed by atoms with E-state index in [0.717, 1.165) is 22.8 Å². The third kappa shape index (κ3) is 3.13. The highest BCUT2D eigenvalue weighted by Gasteiger charge is 2.13. The minimum absolute atomic E-state index is 0.0458. The molecule has 0 aliphatic carbocycles. The van der Waals surface area contributed by atoms with E-state index in [9.17, 15) is 13.2 Å². The van der Waals surface area contributed by atoms with E-state index in [-0.39, 0.29) is 11.7 Å². The van der Waals surface area contributed by atoms with Gasteiger partial charge in [0.25, 0.3) is 0 Å². The van der Waals surface area contributed by atoms with Gasteiger partial charge in [0.05, 0.1) is 5.69 Å². The van der Waals surface area contributed by atoms with Crippen molar-refractivity contribution in [3.05, 3.63) is 64.5 Å². The number of rotatable bonds is 3. The van der Waals surface area contributed by atoms with Crippen molar-refractivity contribution in [1.82, 2.24) is 0 Å². The fourth-order valence-electron chi connectivity index (χ4n) is 2.21. The maximum atomic E-state index is 13.6. The zero-order valence-electron chi connectivity index (χ0n) is 11.6. The quantitative estimate of drug-likeness (QED) is 0.788. The predicted molar refractivity (Wildman–Crippen MR) is 74.3 cm³/mol. The molecule has 2 rings (SSSR count). The smallest absolute Gasteiger partial charge is 0.161 e. The molecule has 0 fully saturated rings. The lowest BCUT2D eigenvalue weighted by molar-refractivity contribution is 0.495. The van der Waals surface area contributed by atoms with Crippen LogP contribution >= 0.6 is 0 Å². The monoisotopic (exact) mass is 279 g/mol. The maximum Gasteiger partial charge on any atom is 0.161 e. The Morgan fingerprint density at radius 3 is 1.95 bits per heavy atom. The maximum absolute atomic E-state index is 13.6. The first-order chi connectivity index (χ1) is 9.36. The van der Waals surface area contributed by atoms with Crippen LogP contribution in [0.2, 0.25) is 0 Å². The normalized spacial score (nSPS) is 12.3. The van der Waals surface area contributed by atoms with Crippen molar-refractivity contribution in [3.63, 3.8) is 0 Å². The Morgan fingerprint density at radius 2 is 1.35 bits per heavy atom. The molecule has 2 aromatic carbocycles. The van der Waals surface area contributed by atoms with Crippen molar-refractivity contribution >= 4 is 5.69 Å². The predicted octanol–water partition coefficient (Wildman–Crippen LogP) is 4.89. The zero-order valence-corrected chi connectivity index (χ0v) is 11.6. The molecule has 0 heterocycles. The minimum Gasteiger partial charge on any atom is -0.376 e. The highest BCUT2D eigenvalue weighted by Crippen LogP contribution is 2.25. The molecule has 0 spiro atoms. The van der Waals surface area contributed by atoms with Gasteiger partial charge in [-0.2, -0.15) is 0 Å². The van der Waals surface area contributed by atoms with Gasteiger partial charge in [-0.25, -0.2) is 13.2 Å². The van der Waals surface area contributed by atoms with E-state index in [0.29, 0.717) is 6.07 Å². The van der Waals surface area contributed by atoms with E-state index in [4.69, 9.17) is 0 Å². The fraction of sp³-hybridized carbons (Fsp3) is 0.250. The molecule has 1 atom stereocenters. The first kappa shape index (κ1) is 14.4. The summed E-state index contributed by atoms with van der Waals surface area (Å²) >= 11 is 0. The van der Waals surface area contributed by atoms with Gasteiger partial charge in [0.15, 0.2) is 11.6 Å². The van der Waals surface area contributed by atoms with Crippen LogP contribution in [0.3, 0.4) is 0 Å². The van der Waals surface area contributed by atoms with Gasteiger partial charge in [0.1, 0.15) is 5.82 Å². The summed E-state index contributed by atoms with van der Waals surface area (Å²) < 4.78 is 39.6. The molecule has 0 aromatic heterocycles. The third-order valence-corrected chi connectivity index (χ3v) is 3.13. The summed E-state index contributed by atoms with van der Waals surface area (Å²) in [6.07, 6.45) is 0. The molecular formula is C16H16F3N. The average Bonchev–Trinajstić information content (AvgIpc) is 2.34. The Morgan fingerprint density at radius 1 is 0.800 bits per heavy atom. The van der Waals surface area contributed by atoms with Gasteiger partial charge in [0.2, 0.25) is 0 Å². The summed E-state index contributed by atoms with van der Waals surface area (Å²) in [5, 5.41) is 2.87. The number of aryl methyl sites for hydroxylation is 2. The molecule has 1 N–H and O–H groups in total. The van der Waals surface area contributed by atoms with Crippen LogP contribution in [0, 0.1) is 31.3 Å². The molecular weight excluding hydrogens is 263 g/mol. The summed E-state index contributed by atoms with van der Waals surface area (Å²) in [6, 6.07) is 7.16. The van der Waals surface area contributed by atoms with Crippen molar-refractivity contribution < 1.29 is 13.2 Å². The second kappa shape index (κ2) is 5.57. The number of hydrogen-bond acceptors (Lipinski definition) is 1. The molecule has 1 unspecified atom stereocenters. The van der Waals surface area contributed by atoms with Gasteiger partial charge in [-0.1, -0.05) is 29.3 Å². The van der Waals surface area contributed by atoms with Gasteiger partial charge in [-0.05, 0) is 26.3 Å². The Hall–Kier alpha value is -1.97. The van der Waals surface area contributed by atoms with Crippen LogP contribution in [0.15, 0.2) is 30.3 Å². The second-order valence-corrected chi connectivity index (χ2v) is 5.03. The molecule has 106 valence electrons. The van der Waals surface area contributed by atoms with Crippen molar-refractivity contribution in [1.29, 1.82) is 0 Å². The average molecular weight is 279 g/mol. The van der Waals surface area contributed by atoms with E-state index in [1.807, 2.05) is 39.0 Å². The summed E-state index contributed by atoms with van der Waals surface area (Å²) in [4.78, 5) is 0. The van der Waals surface area contributed by atoms with Crippen LogP contribution in [0.25, 0.3) is 0 Å². The van der Waals surface area contributed by atoms with Gasteiger partial charge >= 0.3 is 0 Å².